The molecule has 0 atom stereocenters. The predicted octanol–water partition coefficient (Wildman–Crippen LogP) is 2.43. The van der Waals surface area contributed by atoms with Crippen LogP contribution in [0.5, 0.6) is 0 Å². The Morgan fingerprint density at radius 2 is 2.04 bits per heavy atom. The Morgan fingerprint density at radius 3 is 2.62 bits per heavy atom. The van der Waals surface area contributed by atoms with Crippen molar-refractivity contribution >= 4 is 23.2 Å². The maximum atomic E-state index is 11.9. The van der Waals surface area contributed by atoms with Crippen molar-refractivity contribution in [3.8, 4) is 0 Å². The third kappa shape index (κ3) is 4.92. The predicted molar refractivity (Wildman–Crippen MR) is 93.3 cm³/mol. The summed E-state index contributed by atoms with van der Waals surface area (Å²) >= 11 is 1.60. The van der Waals surface area contributed by atoms with E-state index in [1.54, 1.807) is 24.3 Å². The molecule has 0 aromatic carbocycles. The van der Waals surface area contributed by atoms with E-state index < -0.39 is 0 Å². The van der Waals surface area contributed by atoms with Crippen LogP contribution < -0.4 is 10.6 Å². The Bertz CT molecular complexity index is 713. The quantitative estimate of drug-likeness (QED) is 0.839. The summed E-state index contributed by atoms with van der Waals surface area (Å²) in [6, 6.07) is 1.58. The summed E-state index contributed by atoms with van der Waals surface area (Å²) in [5.41, 5.74) is 1.55. The second-order valence-electron chi connectivity index (χ2n) is 6.55. The minimum atomic E-state index is -0.314. The normalized spacial score (nSPS) is 11.3. The minimum Gasteiger partial charge on any atom is -0.469 e. The molecule has 0 aliphatic carbocycles. The smallest absolute Gasteiger partial charge is 0.255 e. The number of furan rings is 1. The SMILES string of the molecule is Cc1occc1C(=O)NCC(=O)NCCc1nc(C(C)(C)C)cs1. The lowest BCUT2D eigenvalue weighted by Crippen LogP contribution is -2.37. The number of carbonyl (C=O) groups excluding carboxylic acids is 2. The largest absolute Gasteiger partial charge is 0.469 e. The summed E-state index contributed by atoms with van der Waals surface area (Å²) in [5, 5.41) is 8.42. The number of carbonyl (C=O) groups is 2. The lowest BCUT2D eigenvalue weighted by atomic mass is 9.93. The molecule has 0 saturated carbocycles. The fourth-order valence-corrected chi connectivity index (χ4v) is 3.04. The number of aromatic nitrogens is 1. The Morgan fingerprint density at radius 1 is 1.29 bits per heavy atom. The first-order chi connectivity index (χ1) is 11.3. The van der Waals surface area contributed by atoms with Gasteiger partial charge in [0.25, 0.3) is 5.91 Å². The summed E-state index contributed by atoms with van der Waals surface area (Å²) in [7, 11) is 0. The molecule has 2 rings (SSSR count). The molecule has 0 unspecified atom stereocenters. The standard InChI is InChI=1S/C17H23N3O3S/c1-11-12(6-8-23-11)16(22)19-9-14(21)18-7-5-15-20-13(10-24-15)17(2,3)4/h6,8,10H,5,7,9H2,1-4H3,(H,18,21)(H,19,22). The highest BCUT2D eigenvalue weighted by Gasteiger charge is 2.17. The summed E-state index contributed by atoms with van der Waals surface area (Å²) in [4.78, 5) is 28.2. The molecule has 0 spiro atoms. The zero-order chi connectivity index (χ0) is 17.7. The van der Waals surface area contributed by atoms with Gasteiger partial charge in [0.15, 0.2) is 0 Å². The van der Waals surface area contributed by atoms with Crippen LogP contribution in [-0.4, -0.2) is 29.9 Å². The highest BCUT2D eigenvalue weighted by molar-refractivity contribution is 7.09. The van der Waals surface area contributed by atoms with Gasteiger partial charge >= 0.3 is 0 Å². The summed E-state index contributed by atoms with van der Waals surface area (Å²) in [6.45, 7) is 8.51. The molecule has 0 bridgehead atoms. The lowest BCUT2D eigenvalue weighted by Gasteiger charge is -2.14. The van der Waals surface area contributed by atoms with Crippen molar-refractivity contribution in [2.24, 2.45) is 0 Å². The molecule has 2 aromatic rings. The monoisotopic (exact) mass is 349 g/mol. The van der Waals surface area contributed by atoms with Crippen LogP contribution in [0.25, 0.3) is 0 Å². The molecule has 7 heteroatoms. The van der Waals surface area contributed by atoms with Gasteiger partial charge in [-0.3, -0.25) is 9.59 Å². The van der Waals surface area contributed by atoms with E-state index in [0.29, 0.717) is 24.3 Å². The van der Waals surface area contributed by atoms with Gasteiger partial charge < -0.3 is 15.1 Å². The zero-order valence-electron chi connectivity index (χ0n) is 14.4. The van der Waals surface area contributed by atoms with Crippen LogP contribution in [0.4, 0.5) is 0 Å². The molecule has 2 amide bonds. The van der Waals surface area contributed by atoms with Crippen molar-refractivity contribution in [3.05, 3.63) is 39.7 Å². The Labute approximate surface area is 145 Å². The van der Waals surface area contributed by atoms with Gasteiger partial charge in [-0.1, -0.05) is 20.8 Å². The first-order valence-electron chi connectivity index (χ1n) is 7.81. The number of hydrogen-bond donors (Lipinski definition) is 2. The molecule has 130 valence electrons. The number of rotatable bonds is 6. The van der Waals surface area contributed by atoms with Crippen molar-refractivity contribution in [2.45, 2.75) is 39.5 Å². The third-order valence-electron chi connectivity index (χ3n) is 3.49. The van der Waals surface area contributed by atoms with E-state index in [2.05, 4.69) is 41.8 Å². The highest BCUT2D eigenvalue weighted by Crippen LogP contribution is 2.23. The average molecular weight is 349 g/mol. The second kappa shape index (κ2) is 7.61. The topological polar surface area (TPSA) is 84.2 Å². The van der Waals surface area contributed by atoms with Crippen LogP contribution in [-0.2, 0) is 16.6 Å². The molecule has 24 heavy (non-hydrogen) atoms. The summed E-state index contributed by atoms with van der Waals surface area (Å²) in [5.74, 6) is -0.00503. The average Bonchev–Trinajstić information content (AvgIpc) is 3.13. The Balaban J connectivity index is 1.71. The van der Waals surface area contributed by atoms with E-state index >= 15 is 0 Å². The van der Waals surface area contributed by atoms with E-state index in [1.807, 2.05) is 0 Å². The maximum Gasteiger partial charge on any atom is 0.255 e. The molecular formula is C17H23N3O3S. The molecule has 2 N–H and O–H groups in total. The number of thiazole rings is 1. The van der Waals surface area contributed by atoms with Crippen molar-refractivity contribution in [1.29, 1.82) is 0 Å². The van der Waals surface area contributed by atoms with E-state index in [4.69, 9.17) is 4.42 Å². The van der Waals surface area contributed by atoms with Crippen molar-refractivity contribution in [2.75, 3.05) is 13.1 Å². The van der Waals surface area contributed by atoms with Gasteiger partial charge in [-0.2, -0.15) is 0 Å². The van der Waals surface area contributed by atoms with Gasteiger partial charge in [-0.05, 0) is 13.0 Å². The van der Waals surface area contributed by atoms with Crippen LogP contribution in [0.1, 0.15) is 47.6 Å². The zero-order valence-corrected chi connectivity index (χ0v) is 15.3. The Hall–Kier alpha value is -2.15. The molecule has 0 aliphatic heterocycles. The third-order valence-corrected chi connectivity index (χ3v) is 4.40. The van der Waals surface area contributed by atoms with Gasteiger partial charge in [0.05, 0.1) is 29.1 Å². The van der Waals surface area contributed by atoms with Gasteiger partial charge in [0.1, 0.15) is 5.76 Å². The van der Waals surface area contributed by atoms with Crippen LogP contribution in [0, 0.1) is 6.92 Å². The van der Waals surface area contributed by atoms with Crippen molar-refractivity contribution < 1.29 is 14.0 Å². The Kier molecular flexibility index (Phi) is 5.77. The molecule has 0 radical (unpaired) electrons. The summed E-state index contributed by atoms with van der Waals surface area (Å²) < 4.78 is 5.06. The first-order valence-corrected chi connectivity index (χ1v) is 8.69. The molecular weight excluding hydrogens is 326 g/mol. The van der Waals surface area contributed by atoms with Crippen molar-refractivity contribution in [3.63, 3.8) is 0 Å². The second-order valence-corrected chi connectivity index (χ2v) is 7.49. The van der Waals surface area contributed by atoms with Crippen LogP contribution in [0.3, 0.4) is 0 Å². The van der Waals surface area contributed by atoms with Crippen LogP contribution in [0.15, 0.2) is 22.1 Å². The number of amides is 2. The van der Waals surface area contributed by atoms with Crippen LogP contribution in [0.2, 0.25) is 0 Å². The number of nitrogens with zero attached hydrogens (tertiary/aromatic N) is 1. The first kappa shape index (κ1) is 18.2. The highest BCUT2D eigenvalue weighted by atomic mass is 32.1. The van der Waals surface area contributed by atoms with E-state index in [1.165, 1.54) is 6.26 Å². The van der Waals surface area contributed by atoms with Gasteiger partial charge in [0.2, 0.25) is 5.91 Å². The van der Waals surface area contributed by atoms with E-state index in [0.717, 1.165) is 10.7 Å². The lowest BCUT2D eigenvalue weighted by molar-refractivity contribution is -0.120. The van der Waals surface area contributed by atoms with Gasteiger partial charge in [0, 0.05) is 23.8 Å². The molecule has 0 fully saturated rings. The van der Waals surface area contributed by atoms with Gasteiger partial charge in [-0.25, -0.2) is 4.98 Å². The molecule has 2 heterocycles. The number of aryl methyl sites for hydroxylation is 1. The van der Waals surface area contributed by atoms with Crippen molar-refractivity contribution in [1.82, 2.24) is 15.6 Å². The summed E-state index contributed by atoms with van der Waals surface area (Å²) in [6.07, 6.45) is 2.13. The van der Waals surface area contributed by atoms with E-state index in [9.17, 15) is 9.59 Å². The van der Waals surface area contributed by atoms with Crippen LogP contribution >= 0.6 is 11.3 Å². The maximum absolute atomic E-state index is 11.9. The number of hydrogen-bond acceptors (Lipinski definition) is 5. The fraction of sp³-hybridized carbons (Fsp3) is 0.471. The molecule has 2 aromatic heterocycles. The number of nitrogens with one attached hydrogen (secondary N) is 2. The van der Waals surface area contributed by atoms with Gasteiger partial charge in [-0.15, -0.1) is 11.3 Å². The molecule has 0 saturated heterocycles. The minimum absolute atomic E-state index is 0.0352. The molecule has 0 aliphatic rings. The van der Waals surface area contributed by atoms with E-state index in [-0.39, 0.29) is 23.8 Å². The fourth-order valence-electron chi connectivity index (χ4n) is 2.02. The molecule has 6 nitrogen and oxygen atoms in total.